The van der Waals surface area contributed by atoms with Crippen LogP contribution >= 0.6 is 0 Å². The molecule has 0 aliphatic heterocycles. The minimum atomic E-state index is 0.511. The Bertz CT molecular complexity index is 157. The van der Waals surface area contributed by atoms with Gasteiger partial charge in [-0.1, -0.05) is 13.0 Å². The molecule has 0 aromatic carbocycles. The van der Waals surface area contributed by atoms with Crippen molar-refractivity contribution in [2.75, 3.05) is 6.67 Å². The van der Waals surface area contributed by atoms with Crippen molar-refractivity contribution in [1.29, 1.82) is 0 Å². The Morgan fingerprint density at radius 2 is 2.17 bits per heavy atom. The van der Waals surface area contributed by atoms with E-state index in [4.69, 9.17) is 0 Å². The highest BCUT2D eigenvalue weighted by atomic mass is 15.0. The molecule has 0 spiro atoms. The number of allylic oxidation sites excluding steroid dienone is 2. The molecule has 0 saturated heterocycles. The summed E-state index contributed by atoms with van der Waals surface area (Å²) in [7, 11) is 0. The average molecular weight is 168 g/mol. The molecule has 0 atom stereocenters. The second-order valence-corrected chi connectivity index (χ2v) is 3.13. The lowest BCUT2D eigenvalue weighted by atomic mass is 10.3. The van der Waals surface area contributed by atoms with Crippen molar-refractivity contribution in [2.45, 2.75) is 40.2 Å². The van der Waals surface area contributed by atoms with E-state index >= 15 is 0 Å². The van der Waals surface area contributed by atoms with E-state index in [0.717, 1.165) is 18.8 Å². The van der Waals surface area contributed by atoms with Gasteiger partial charge in [0.05, 0.1) is 6.67 Å². The summed E-state index contributed by atoms with van der Waals surface area (Å²) in [6.45, 7) is 9.10. The molecule has 0 aliphatic carbocycles. The molecule has 0 fully saturated rings. The molecule has 0 aromatic heterocycles. The van der Waals surface area contributed by atoms with Crippen molar-refractivity contribution in [3.8, 4) is 0 Å². The van der Waals surface area contributed by atoms with Gasteiger partial charge in [-0.2, -0.15) is 0 Å². The molecule has 1 N–H and O–H groups in total. The zero-order valence-corrected chi connectivity index (χ0v) is 8.59. The van der Waals surface area contributed by atoms with Gasteiger partial charge in [0.25, 0.3) is 0 Å². The maximum Gasteiger partial charge on any atom is 0.0889 e. The van der Waals surface area contributed by atoms with Crippen LogP contribution in [0.1, 0.15) is 34.1 Å². The topological polar surface area (TPSA) is 24.4 Å². The van der Waals surface area contributed by atoms with E-state index in [1.165, 1.54) is 0 Å². The maximum atomic E-state index is 4.32. The number of aliphatic imine (C=N–C) groups is 1. The number of hydrogen-bond acceptors (Lipinski definition) is 2. The van der Waals surface area contributed by atoms with Crippen LogP contribution in [0.4, 0.5) is 0 Å². The van der Waals surface area contributed by atoms with E-state index in [-0.39, 0.29) is 0 Å². The summed E-state index contributed by atoms with van der Waals surface area (Å²) in [4.78, 5) is 4.32. The molecule has 0 amide bonds. The lowest BCUT2D eigenvalue weighted by Gasteiger charge is -2.03. The van der Waals surface area contributed by atoms with Crippen molar-refractivity contribution < 1.29 is 0 Å². The van der Waals surface area contributed by atoms with Crippen LogP contribution < -0.4 is 5.32 Å². The van der Waals surface area contributed by atoms with Gasteiger partial charge in [0, 0.05) is 11.8 Å². The third-order valence-corrected chi connectivity index (χ3v) is 1.42. The Hall–Kier alpha value is -0.630. The SMILES string of the molecule is CC/C=C\C(C)=NCNC(C)C. The van der Waals surface area contributed by atoms with Gasteiger partial charge in [-0.05, 0) is 33.3 Å². The highest BCUT2D eigenvalue weighted by Crippen LogP contribution is 1.84. The van der Waals surface area contributed by atoms with Crippen molar-refractivity contribution >= 4 is 5.71 Å². The number of nitrogens with one attached hydrogen (secondary N) is 1. The van der Waals surface area contributed by atoms with E-state index < -0.39 is 0 Å². The first-order valence-corrected chi connectivity index (χ1v) is 4.57. The molecule has 2 nitrogen and oxygen atoms in total. The zero-order chi connectivity index (χ0) is 9.40. The van der Waals surface area contributed by atoms with Gasteiger partial charge in [-0.15, -0.1) is 0 Å². The lowest BCUT2D eigenvalue weighted by molar-refractivity contribution is 0.603. The molecule has 0 saturated carbocycles. The fourth-order valence-corrected chi connectivity index (χ4v) is 0.694. The predicted octanol–water partition coefficient (Wildman–Crippen LogP) is 2.37. The van der Waals surface area contributed by atoms with E-state index in [9.17, 15) is 0 Å². The second-order valence-electron chi connectivity index (χ2n) is 3.13. The maximum absolute atomic E-state index is 4.32. The first kappa shape index (κ1) is 11.4. The van der Waals surface area contributed by atoms with Crippen molar-refractivity contribution in [2.24, 2.45) is 4.99 Å². The molecule has 0 aromatic rings. The largest absolute Gasteiger partial charge is 0.296 e. The molecule has 0 aliphatic rings. The lowest BCUT2D eigenvalue weighted by Crippen LogP contribution is -2.22. The Morgan fingerprint density at radius 3 is 2.67 bits per heavy atom. The van der Waals surface area contributed by atoms with Crippen LogP contribution in [0.3, 0.4) is 0 Å². The standard InChI is InChI=1S/C10H20N2/c1-5-6-7-10(4)12-8-11-9(2)3/h6-7,9,11H,5,8H2,1-4H3/b7-6-,12-10?. The molecule has 70 valence electrons. The van der Waals surface area contributed by atoms with Gasteiger partial charge in [-0.25, -0.2) is 0 Å². The summed E-state index contributed by atoms with van der Waals surface area (Å²) in [6.07, 6.45) is 5.25. The van der Waals surface area contributed by atoms with Gasteiger partial charge >= 0.3 is 0 Å². The smallest absolute Gasteiger partial charge is 0.0889 e. The molecular formula is C10H20N2. The molecule has 0 heterocycles. The van der Waals surface area contributed by atoms with Gasteiger partial charge < -0.3 is 0 Å². The Labute approximate surface area is 75.8 Å². The zero-order valence-electron chi connectivity index (χ0n) is 8.59. The van der Waals surface area contributed by atoms with E-state index in [1.54, 1.807) is 0 Å². The molecule has 0 unspecified atom stereocenters. The summed E-state index contributed by atoms with van der Waals surface area (Å²) in [5.41, 5.74) is 1.09. The fraction of sp³-hybridized carbons (Fsp3) is 0.700. The van der Waals surface area contributed by atoms with Crippen LogP contribution in [0.2, 0.25) is 0 Å². The van der Waals surface area contributed by atoms with Crippen LogP contribution in [-0.2, 0) is 0 Å². The first-order valence-electron chi connectivity index (χ1n) is 4.57. The molecule has 0 radical (unpaired) electrons. The van der Waals surface area contributed by atoms with Crippen molar-refractivity contribution in [3.05, 3.63) is 12.2 Å². The van der Waals surface area contributed by atoms with Crippen LogP contribution in [-0.4, -0.2) is 18.4 Å². The predicted molar refractivity (Wildman–Crippen MR) is 55.7 cm³/mol. The van der Waals surface area contributed by atoms with Gasteiger partial charge in [0.15, 0.2) is 0 Å². The van der Waals surface area contributed by atoms with Crippen molar-refractivity contribution in [1.82, 2.24) is 5.32 Å². The molecule has 12 heavy (non-hydrogen) atoms. The van der Waals surface area contributed by atoms with Gasteiger partial charge in [0.1, 0.15) is 0 Å². The highest BCUT2D eigenvalue weighted by Gasteiger charge is 1.88. The third-order valence-electron chi connectivity index (χ3n) is 1.42. The minimum Gasteiger partial charge on any atom is -0.296 e. The second kappa shape index (κ2) is 7.04. The van der Waals surface area contributed by atoms with Gasteiger partial charge in [-0.3, -0.25) is 10.3 Å². The van der Waals surface area contributed by atoms with Crippen molar-refractivity contribution in [3.63, 3.8) is 0 Å². The Kier molecular flexibility index (Phi) is 6.67. The first-order chi connectivity index (χ1) is 5.66. The summed E-state index contributed by atoms with van der Waals surface area (Å²) < 4.78 is 0. The third kappa shape index (κ3) is 7.48. The Morgan fingerprint density at radius 1 is 1.50 bits per heavy atom. The summed E-state index contributed by atoms with van der Waals surface area (Å²) in [5, 5.41) is 3.23. The molecule has 0 bridgehead atoms. The van der Waals surface area contributed by atoms with E-state index in [1.807, 2.05) is 6.92 Å². The fourth-order valence-electron chi connectivity index (χ4n) is 0.694. The van der Waals surface area contributed by atoms with Crippen LogP contribution in [0.5, 0.6) is 0 Å². The Balaban J connectivity index is 3.61. The average Bonchev–Trinajstić information content (AvgIpc) is 2.00. The molecular weight excluding hydrogens is 148 g/mol. The summed E-state index contributed by atoms with van der Waals surface area (Å²) in [5.74, 6) is 0. The van der Waals surface area contributed by atoms with Crippen LogP contribution in [0, 0.1) is 0 Å². The monoisotopic (exact) mass is 168 g/mol. The number of hydrogen-bond donors (Lipinski definition) is 1. The summed E-state index contributed by atoms with van der Waals surface area (Å²) >= 11 is 0. The quantitative estimate of drug-likeness (QED) is 0.626. The molecule has 2 heteroatoms. The number of rotatable bonds is 5. The van der Waals surface area contributed by atoms with Gasteiger partial charge in [0.2, 0.25) is 0 Å². The number of nitrogens with zero attached hydrogens (tertiary/aromatic N) is 1. The van der Waals surface area contributed by atoms with Crippen LogP contribution in [0.15, 0.2) is 17.1 Å². The van der Waals surface area contributed by atoms with Crippen LogP contribution in [0.25, 0.3) is 0 Å². The normalized spacial score (nSPS) is 13.2. The van der Waals surface area contributed by atoms with E-state index in [2.05, 4.69) is 43.2 Å². The molecule has 0 rings (SSSR count). The highest BCUT2D eigenvalue weighted by molar-refractivity contribution is 5.92. The summed E-state index contributed by atoms with van der Waals surface area (Å²) in [6, 6.07) is 0.511. The minimum absolute atomic E-state index is 0.511. The van der Waals surface area contributed by atoms with E-state index in [0.29, 0.717) is 6.04 Å².